The van der Waals surface area contributed by atoms with Gasteiger partial charge in [0.05, 0.1) is 0 Å². The molecule has 0 aromatic heterocycles. The van der Waals surface area contributed by atoms with E-state index in [9.17, 15) is 0 Å². The molecule has 0 aliphatic rings. The Hall–Kier alpha value is -0.294. The van der Waals surface area contributed by atoms with Gasteiger partial charge in [-0.2, -0.15) is 0 Å². The summed E-state index contributed by atoms with van der Waals surface area (Å²) in [7, 11) is 0. The van der Waals surface area contributed by atoms with E-state index in [-0.39, 0.29) is 0 Å². The molecule has 0 amide bonds. The van der Waals surface area contributed by atoms with Crippen LogP contribution in [0.2, 0.25) is 0 Å². The number of rotatable bonds is 0. The Balaban J connectivity index is 6.05. The fourth-order valence-corrected chi connectivity index (χ4v) is 0. The van der Waals surface area contributed by atoms with Crippen LogP contribution in [0.3, 0.4) is 0 Å². The third-order valence-corrected chi connectivity index (χ3v) is 0. The Morgan fingerprint density at radius 1 is 0.800 bits per heavy atom. The second kappa shape index (κ2) is 0.834. The van der Waals surface area contributed by atoms with E-state index in [1.165, 1.54) is 0 Å². The van der Waals surface area contributed by atoms with Gasteiger partial charge in [-0.15, -0.1) is 0 Å². The molecular formula is CoO4. The van der Waals surface area contributed by atoms with E-state index in [2.05, 4.69) is 0 Å². The van der Waals surface area contributed by atoms with Crippen molar-refractivity contribution in [2.75, 3.05) is 0 Å². The van der Waals surface area contributed by atoms with Gasteiger partial charge in [-0.1, -0.05) is 0 Å². The van der Waals surface area contributed by atoms with Crippen LogP contribution in [-0.4, -0.2) is 0 Å². The summed E-state index contributed by atoms with van der Waals surface area (Å²) in [6.07, 6.45) is 0. The molecule has 0 fully saturated rings. The molecule has 0 spiro atoms. The molecule has 0 atom stereocenters. The molecule has 5 heteroatoms. The average molecular weight is 123 g/mol. The molecule has 0 saturated carbocycles. The summed E-state index contributed by atoms with van der Waals surface area (Å²) in [5.41, 5.74) is 0. The molecule has 4 nitrogen and oxygen atoms in total. The third-order valence-electron chi connectivity index (χ3n) is 0. The maximum absolute atomic E-state index is 8.55. The molecule has 0 aliphatic heterocycles. The second-order valence-electron chi connectivity index (χ2n) is 0.333. The molecule has 0 aliphatic carbocycles. The molecule has 33 valence electrons. The van der Waals surface area contributed by atoms with Crippen molar-refractivity contribution in [2.24, 2.45) is 0 Å². The molecule has 0 N–H and O–H groups in total. The Morgan fingerprint density at radius 3 is 0.800 bits per heavy atom. The third kappa shape index (κ3) is 125. The van der Waals surface area contributed by atoms with E-state index < -0.39 is 12.3 Å². The van der Waals surface area contributed by atoms with E-state index in [0.29, 0.717) is 0 Å². The average Bonchev–Trinajstić information content (AvgIpc) is 0.722. The fourth-order valence-electron chi connectivity index (χ4n) is 0. The van der Waals surface area contributed by atoms with Crippen molar-refractivity contribution in [2.45, 2.75) is 0 Å². The van der Waals surface area contributed by atoms with Crippen molar-refractivity contribution in [3.05, 3.63) is 0 Å². The predicted octanol–water partition coefficient (Wildman–Crippen LogP) is -0.478. The minimum absolute atomic E-state index is 5.38. The summed E-state index contributed by atoms with van der Waals surface area (Å²) in [5, 5.41) is 0. The second-order valence-corrected chi connectivity index (χ2v) is 1.37. The van der Waals surface area contributed by atoms with E-state index in [0.717, 1.165) is 0 Å². The summed E-state index contributed by atoms with van der Waals surface area (Å²) in [5.74, 6) is 0. The summed E-state index contributed by atoms with van der Waals surface area (Å²) >= 11 is -5.38. The van der Waals surface area contributed by atoms with Gasteiger partial charge in [0.1, 0.15) is 0 Å². The van der Waals surface area contributed by atoms with E-state index in [1.54, 1.807) is 0 Å². The summed E-state index contributed by atoms with van der Waals surface area (Å²) in [6.45, 7) is 0. The minimum atomic E-state index is -5.38. The van der Waals surface area contributed by atoms with Gasteiger partial charge in [0.2, 0.25) is 0 Å². The summed E-state index contributed by atoms with van der Waals surface area (Å²) in [4.78, 5) is 0. The molecule has 0 aromatic rings. The van der Waals surface area contributed by atoms with Crippen molar-refractivity contribution in [1.29, 1.82) is 0 Å². The van der Waals surface area contributed by atoms with Gasteiger partial charge < -0.3 is 0 Å². The molecule has 5 heavy (non-hydrogen) atoms. The van der Waals surface area contributed by atoms with Crippen LogP contribution in [0.1, 0.15) is 0 Å². The zero-order valence-corrected chi connectivity index (χ0v) is 3.01. The number of hydrogen-bond donors (Lipinski definition) is 0. The molecular weight excluding hydrogens is 123 g/mol. The van der Waals surface area contributed by atoms with Gasteiger partial charge in [-0.3, -0.25) is 0 Å². The Morgan fingerprint density at radius 2 is 0.800 bits per heavy atom. The Kier molecular flexibility index (Phi) is 0.785. The van der Waals surface area contributed by atoms with Crippen molar-refractivity contribution in [1.82, 2.24) is 0 Å². The first-order chi connectivity index (χ1) is 2.00. The van der Waals surface area contributed by atoms with Gasteiger partial charge in [0.15, 0.2) is 0 Å². The van der Waals surface area contributed by atoms with Crippen LogP contribution in [0.4, 0.5) is 0 Å². The fraction of sp³-hybridized carbons (Fsp3) is 0. The quantitative estimate of drug-likeness (QED) is 0.436. The van der Waals surface area contributed by atoms with E-state index >= 15 is 0 Å². The SMILES string of the molecule is [O]=[Co](=[O])(=[O])=[O]. The van der Waals surface area contributed by atoms with Crippen molar-refractivity contribution in [3.63, 3.8) is 0 Å². The normalized spacial score (nSPS) is 11.2. The standard InChI is InChI=1S/Co.4O. The van der Waals surface area contributed by atoms with Gasteiger partial charge in [-0.25, -0.2) is 0 Å². The maximum atomic E-state index is 8.55. The first-order valence-corrected chi connectivity index (χ1v) is 2.24. The molecule has 0 unspecified atom stereocenters. The summed E-state index contributed by atoms with van der Waals surface area (Å²) < 4.78 is 34.2. The Labute approximate surface area is 28.7 Å². The Bertz CT molecular complexity index is 155. The predicted molar refractivity (Wildman–Crippen MR) is 2.75 cm³/mol. The van der Waals surface area contributed by atoms with E-state index in [4.69, 9.17) is 15.5 Å². The van der Waals surface area contributed by atoms with Crippen LogP contribution >= 0.6 is 0 Å². The molecule has 0 bridgehead atoms. The van der Waals surface area contributed by atoms with Crippen LogP contribution in [-0.2, 0) is 27.8 Å². The van der Waals surface area contributed by atoms with Crippen LogP contribution in [0, 0.1) is 0 Å². The van der Waals surface area contributed by atoms with Crippen LogP contribution in [0.5, 0.6) is 0 Å². The summed E-state index contributed by atoms with van der Waals surface area (Å²) in [6, 6.07) is 0. The molecule has 0 aromatic carbocycles. The monoisotopic (exact) mass is 123 g/mol. The first-order valence-electron chi connectivity index (χ1n) is 0.544. The van der Waals surface area contributed by atoms with Gasteiger partial charge >= 0.3 is 27.8 Å². The van der Waals surface area contributed by atoms with Crippen LogP contribution in [0.25, 0.3) is 0 Å². The first kappa shape index (κ1) is 4.71. The van der Waals surface area contributed by atoms with Crippen molar-refractivity contribution < 1.29 is 27.8 Å². The van der Waals surface area contributed by atoms with E-state index in [1.807, 2.05) is 0 Å². The number of hydrogen-bond acceptors (Lipinski definition) is 4. The molecule has 0 rings (SSSR count). The van der Waals surface area contributed by atoms with Crippen molar-refractivity contribution >= 4 is 0 Å². The van der Waals surface area contributed by atoms with Gasteiger partial charge in [0.25, 0.3) is 0 Å². The van der Waals surface area contributed by atoms with Gasteiger partial charge in [0, 0.05) is 0 Å². The zero-order valence-electron chi connectivity index (χ0n) is 1.97. The van der Waals surface area contributed by atoms with Crippen LogP contribution < -0.4 is 0 Å². The van der Waals surface area contributed by atoms with Crippen LogP contribution in [0.15, 0.2) is 0 Å². The molecule has 0 heterocycles. The zero-order chi connectivity index (χ0) is 4.50. The topological polar surface area (TPSA) is 68.3 Å². The molecule has 0 saturated heterocycles. The molecule has 0 radical (unpaired) electrons. The van der Waals surface area contributed by atoms with Gasteiger partial charge in [-0.05, 0) is 0 Å². The van der Waals surface area contributed by atoms with Crippen molar-refractivity contribution in [3.8, 4) is 0 Å².